The van der Waals surface area contributed by atoms with Gasteiger partial charge in [0.2, 0.25) is 5.88 Å². The fourth-order valence-corrected chi connectivity index (χ4v) is 2.64. The maximum Gasteiger partial charge on any atom is 0.227 e. The highest BCUT2D eigenvalue weighted by molar-refractivity contribution is 7.98. The molecule has 3 nitrogen and oxygen atoms in total. The van der Waals surface area contributed by atoms with Gasteiger partial charge in [-0.25, -0.2) is 4.98 Å². The van der Waals surface area contributed by atoms with E-state index in [1.165, 1.54) is 5.56 Å². The number of aliphatic hydroxyl groups is 1. The summed E-state index contributed by atoms with van der Waals surface area (Å²) in [5.74, 6) is 1.47. The van der Waals surface area contributed by atoms with Crippen LogP contribution in [0.2, 0.25) is 0 Å². The highest BCUT2D eigenvalue weighted by atomic mass is 32.2. The second kappa shape index (κ2) is 7.16. The molecule has 0 aliphatic rings. The lowest BCUT2D eigenvalue weighted by atomic mass is 10.2. The first kappa shape index (κ1) is 13.9. The van der Waals surface area contributed by atoms with Crippen molar-refractivity contribution in [1.82, 2.24) is 4.98 Å². The third kappa shape index (κ3) is 4.26. The van der Waals surface area contributed by atoms with E-state index >= 15 is 0 Å². The molecule has 1 aromatic heterocycles. The molecule has 0 bridgehead atoms. The van der Waals surface area contributed by atoms with Crippen molar-refractivity contribution in [2.75, 3.05) is 13.2 Å². The molecule has 0 saturated heterocycles. The quantitative estimate of drug-likeness (QED) is 0.823. The summed E-state index contributed by atoms with van der Waals surface area (Å²) < 4.78 is 5.45. The Balaban J connectivity index is 2.07. The maximum absolute atomic E-state index is 8.82. The fraction of sp³-hybridized carbons (Fsp3) is 0.267. The van der Waals surface area contributed by atoms with Crippen molar-refractivity contribution in [2.24, 2.45) is 0 Å². The van der Waals surface area contributed by atoms with Gasteiger partial charge >= 0.3 is 0 Å². The third-order valence-corrected chi connectivity index (χ3v) is 3.60. The van der Waals surface area contributed by atoms with Crippen LogP contribution in [0.5, 0.6) is 5.88 Å². The molecule has 100 valence electrons. The van der Waals surface area contributed by atoms with Crippen molar-refractivity contribution in [1.29, 1.82) is 0 Å². The van der Waals surface area contributed by atoms with Crippen molar-refractivity contribution in [2.45, 2.75) is 17.6 Å². The molecule has 0 saturated carbocycles. The Morgan fingerprint density at radius 3 is 2.79 bits per heavy atom. The van der Waals surface area contributed by atoms with Gasteiger partial charge in [0.25, 0.3) is 0 Å². The van der Waals surface area contributed by atoms with Crippen molar-refractivity contribution in [3.05, 3.63) is 53.7 Å². The lowest BCUT2D eigenvalue weighted by Crippen LogP contribution is -2.04. The Bertz CT molecular complexity index is 517. The summed E-state index contributed by atoms with van der Waals surface area (Å²) in [6.07, 6.45) is 1.78. The number of ether oxygens (including phenoxy) is 1. The van der Waals surface area contributed by atoms with Crippen LogP contribution < -0.4 is 4.74 Å². The van der Waals surface area contributed by atoms with Crippen LogP contribution in [0.25, 0.3) is 0 Å². The molecule has 1 aromatic carbocycles. The number of thioether (sulfide) groups is 1. The topological polar surface area (TPSA) is 42.4 Å². The molecule has 0 radical (unpaired) electrons. The molecule has 0 unspecified atom stereocenters. The van der Waals surface area contributed by atoms with Crippen LogP contribution in [0.4, 0.5) is 0 Å². The number of aryl methyl sites for hydroxylation is 1. The van der Waals surface area contributed by atoms with Gasteiger partial charge in [-0.1, -0.05) is 30.3 Å². The predicted molar refractivity (Wildman–Crippen MR) is 77.6 cm³/mol. The van der Waals surface area contributed by atoms with Gasteiger partial charge in [-0.15, -0.1) is 11.8 Å². The first-order valence-electron chi connectivity index (χ1n) is 6.16. The molecule has 4 heteroatoms. The summed E-state index contributed by atoms with van der Waals surface area (Å²) >= 11 is 1.70. The van der Waals surface area contributed by atoms with Gasteiger partial charge in [0.1, 0.15) is 6.61 Å². The zero-order valence-electron chi connectivity index (χ0n) is 10.9. The van der Waals surface area contributed by atoms with E-state index in [0.717, 1.165) is 16.2 Å². The minimum absolute atomic E-state index is 0.00164. The summed E-state index contributed by atoms with van der Waals surface area (Å²) in [5.41, 5.74) is 2.37. The highest BCUT2D eigenvalue weighted by Gasteiger charge is 2.07. The average Bonchev–Trinajstić information content (AvgIpc) is 2.45. The number of nitrogens with zero attached hydrogens (tertiary/aromatic N) is 1. The number of aliphatic hydroxyl groups excluding tert-OH is 1. The van der Waals surface area contributed by atoms with E-state index in [0.29, 0.717) is 5.88 Å². The summed E-state index contributed by atoms with van der Waals surface area (Å²) in [6.45, 7) is 2.28. The predicted octanol–water partition coefficient (Wildman–Crippen LogP) is 3.05. The van der Waals surface area contributed by atoms with Crippen LogP contribution >= 0.6 is 11.8 Å². The maximum atomic E-state index is 8.82. The van der Waals surface area contributed by atoms with Crippen LogP contribution in [0, 0.1) is 6.92 Å². The minimum Gasteiger partial charge on any atom is -0.474 e. The first-order valence-corrected chi connectivity index (χ1v) is 7.15. The average molecular weight is 275 g/mol. The second-order valence-corrected chi connectivity index (χ2v) is 5.18. The molecule has 0 amide bonds. The second-order valence-electron chi connectivity index (χ2n) is 4.16. The minimum atomic E-state index is -0.00164. The van der Waals surface area contributed by atoms with E-state index in [4.69, 9.17) is 9.84 Å². The largest absolute Gasteiger partial charge is 0.474 e. The molecule has 0 aliphatic heterocycles. The van der Waals surface area contributed by atoms with Crippen molar-refractivity contribution in [3.8, 4) is 5.88 Å². The lowest BCUT2D eigenvalue weighted by molar-refractivity contribution is 0.193. The highest BCUT2D eigenvalue weighted by Crippen LogP contribution is 2.30. The summed E-state index contributed by atoms with van der Waals surface area (Å²) in [4.78, 5) is 5.29. The molecule has 0 aliphatic carbocycles. The zero-order valence-corrected chi connectivity index (χ0v) is 11.7. The van der Waals surface area contributed by atoms with Crippen LogP contribution in [0.15, 0.2) is 47.5 Å². The summed E-state index contributed by atoms with van der Waals surface area (Å²) in [6, 6.07) is 12.3. The molecule has 1 heterocycles. The molecule has 19 heavy (non-hydrogen) atoms. The number of aromatic nitrogens is 1. The molecule has 1 N–H and O–H groups in total. The van der Waals surface area contributed by atoms with Crippen molar-refractivity contribution in [3.63, 3.8) is 0 Å². The van der Waals surface area contributed by atoms with Crippen LogP contribution in [0.1, 0.15) is 11.1 Å². The Morgan fingerprint density at radius 1 is 1.26 bits per heavy atom. The number of benzene rings is 1. The van der Waals surface area contributed by atoms with Crippen molar-refractivity contribution < 1.29 is 9.84 Å². The van der Waals surface area contributed by atoms with Gasteiger partial charge in [-0.3, -0.25) is 0 Å². The SMILES string of the molecule is Cc1cnc(OCCO)c(SCc2ccccc2)c1. The molecule has 0 atom stereocenters. The molecular weight excluding hydrogens is 258 g/mol. The van der Waals surface area contributed by atoms with Gasteiger partial charge in [0.15, 0.2) is 0 Å². The number of hydrogen-bond acceptors (Lipinski definition) is 4. The Labute approximate surface area is 117 Å². The van der Waals surface area contributed by atoms with E-state index < -0.39 is 0 Å². The third-order valence-electron chi connectivity index (χ3n) is 2.52. The zero-order chi connectivity index (χ0) is 13.5. The number of hydrogen-bond donors (Lipinski definition) is 1. The van der Waals surface area contributed by atoms with Crippen LogP contribution in [-0.4, -0.2) is 23.3 Å². The summed E-state index contributed by atoms with van der Waals surface area (Å²) in [7, 11) is 0. The van der Waals surface area contributed by atoms with Crippen molar-refractivity contribution >= 4 is 11.8 Å². The standard InChI is InChI=1S/C15H17NO2S/c1-12-9-14(15(16-10-12)18-8-7-17)19-11-13-5-3-2-4-6-13/h2-6,9-10,17H,7-8,11H2,1H3. The normalized spacial score (nSPS) is 10.4. The van der Waals surface area contributed by atoms with Crippen LogP contribution in [0.3, 0.4) is 0 Å². The number of rotatable bonds is 6. The van der Waals surface area contributed by atoms with E-state index in [-0.39, 0.29) is 13.2 Å². The molecule has 0 fully saturated rings. The smallest absolute Gasteiger partial charge is 0.227 e. The van der Waals surface area contributed by atoms with Gasteiger partial charge in [0.05, 0.1) is 11.5 Å². The fourth-order valence-electron chi connectivity index (χ4n) is 1.62. The molecular formula is C15H17NO2S. The Hall–Kier alpha value is -1.52. The van der Waals surface area contributed by atoms with E-state index in [9.17, 15) is 0 Å². The van der Waals surface area contributed by atoms with E-state index in [1.54, 1.807) is 18.0 Å². The molecule has 2 rings (SSSR count). The summed E-state index contributed by atoms with van der Waals surface area (Å²) in [5, 5.41) is 8.82. The number of pyridine rings is 1. The molecule has 0 spiro atoms. The van der Waals surface area contributed by atoms with E-state index in [2.05, 4.69) is 23.2 Å². The van der Waals surface area contributed by atoms with Gasteiger partial charge < -0.3 is 9.84 Å². The van der Waals surface area contributed by atoms with Gasteiger partial charge in [-0.2, -0.15) is 0 Å². The lowest BCUT2D eigenvalue weighted by Gasteiger charge is -2.10. The molecule has 2 aromatic rings. The van der Waals surface area contributed by atoms with Gasteiger partial charge in [-0.05, 0) is 24.1 Å². The van der Waals surface area contributed by atoms with Gasteiger partial charge in [0, 0.05) is 11.9 Å². The Morgan fingerprint density at radius 2 is 2.05 bits per heavy atom. The first-order chi connectivity index (χ1) is 9.29. The van der Waals surface area contributed by atoms with Crippen LogP contribution in [-0.2, 0) is 5.75 Å². The Kier molecular flexibility index (Phi) is 5.24. The monoisotopic (exact) mass is 275 g/mol. The van der Waals surface area contributed by atoms with E-state index in [1.807, 2.05) is 25.1 Å².